The Morgan fingerprint density at radius 2 is 2.22 bits per heavy atom. The first-order valence-corrected chi connectivity index (χ1v) is 6.94. The number of ether oxygens (including phenoxy) is 1. The van der Waals surface area contributed by atoms with Gasteiger partial charge in [0.2, 0.25) is 0 Å². The van der Waals surface area contributed by atoms with Crippen molar-refractivity contribution in [3.05, 3.63) is 41.3 Å². The Balaban J connectivity index is 1.85. The monoisotopic (exact) mass is 318 g/mol. The molecule has 1 amide bonds. The van der Waals surface area contributed by atoms with E-state index >= 15 is 0 Å². The van der Waals surface area contributed by atoms with E-state index in [2.05, 4.69) is 15.1 Å². The van der Waals surface area contributed by atoms with E-state index in [1.807, 2.05) is 0 Å². The first kappa shape index (κ1) is 15.1. The van der Waals surface area contributed by atoms with Crippen molar-refractivity contribution in [1.29, 1.82) is 0 Å². The van der Waals surface area contributed by atoms with E-state index in [0.29, 0.717) is 24.9 Å². The van der Waals surface area contributed by atoms with Crippen LogP contribution in [0, 0.1) is 6.92 Å². The summed E-state index contributed by atoms with van der Waals surface area (Å²) in [7, 11) is 0. The minimum atomic E-state index is -1.10. The third kappa shape index (κ3) is 3.04. The number of aromatic nitrogens is 3. The van der Waals surface area contributed by atoms with Crippen molar-refractivity contribution in [2.24, 2.45) is 0 Å². The molecule has 1 unspecified atom stereocenters. The maximum Gasteiger partial charge on any atom is 0.337 e. The lowest BCUT2D eigenvalue weighted by Gasteiger charge is -2.33. The first-order valence-electron chi connectivity index (χ1n) is 6.94. The molecule has 9 nitrogen and oxygen atoms in total. The zero-order chi connectivity index (χ0) is 16.4. The average molecular weight is 318 g/mol. The number of aryl methyl sites for hydroxylation is 1. The highest BCUT2D eigenvalue weighted by Gasteiger charge is 2.33. The molecule has 1 N–H and O–H groups in total. The number of morpholine rings is 1. The van der Waals surface area contributed by atoms with E-state index in [1.54, 1.807) is 11.8 Å². The Labute approximate surface area is 130 Å². The summed E-state index contributed by atoms with van der Waals surface area (Å²) in [6.07, 6.45) is 1.15. The Bertz CT molecular complexity index is 727. The van der Waals surface area contributed by atoms with Crippen molar-refractivity contribution in [3.8, 4) is 0 Å². The van der Waals surface area contributed by atoms with Crippen molar-refractivity contribution in [2.75, 3.05) is 19.8 Å². The summed E-state index contributed by atoms with van der Waals surface area (Å²) in [5.41, 5.74) is 0.172. The summed E-state index contributed by atoms with van der Waals surface area (Å²) in [5.74, 6) is -0.659. The Morgan fingerprint density at radius 3 is 2.83 bits per heavy atom. The van der Waals surface area contributed by atoms with Gasteiger partial charge in [0.25, 0.3) is 11.8 Å². The molecule has 2 aromatic heterocycles. The number of aromatic carboxylic acids is 1. The summed E-state index contributed by atoms with van der Waals surface area (Å²) < 4.78 is 10.5. The van der Waals surface area contributed by atoms with E-state index in [0.717, 1.165) is 6.20 Å². The van der Waals surface area contributed by atoms with Gasteiger partial charge >= 0.3 is 5.97 Å². The van der Waals surface area contributed by atoms with Crippen LogP contribution in [0.3, 0.4) is 0 Å². The quantitative estimate of drug-likeness (QED) is 0.877. The summed E-state index contributed by atoms with van der Waals surface area (Å²) in [6.45, 7) is 2.69. The Hall–Kier alpha value is -2.81. The minimum Gasteiger partial charge on any atom is -0.478 e. The summed E-state index contributed by atoms with van der Waals surface area (Å²) in [5, 5.41) is 12.6. The molecule has 3 rings (SSSR count). The van der Waals surface area contributed by atoms with Gasteiger partial charge in [0, 0.05) is 12.7 Å². The third-order valence-corrected chi connectivity index (χ3v) is 3.45. The van der Waals surface area contributed by atoms with Gasteiger partial charge in [-0.2, -0.15) is 4.98 Å². The molecule has 1 atom stereocenters. The highest BCUT2D eigenvalue weighted by Crippen LogP contribution is 2.24. The van der Waals surface area contributed by atoms with Crippen LogP contribution in [0.25, 0.3) is 0 Å². The maximum atomic E-state index is 12.6. The molecule has 0 aliphatic carbocycles. The third-order valence-electron chi connectivity index (χ3n) is 3.45. The number of carbonyl (C=O) groups is 2. The SMILES string of the molecule is Cc1noc(C2COCCN2C(=O)c2ccc(C(=O)O)cn2)n1. The highest BCUT2D eigenvalue weighted by molar-refractivity contribution is 5.94. The van der Waals surface area contributed by atoms with E-state index < -0.39 is 12.0 Å². The molecule has 1 aliphatic rings. The van der Waals surface area contributed by atoms with Gasteiger partial charge < -0.3 is 19.3 Å². The maximum absolute atomic E-state index is 12.6. The normalized spacial score (nSPS) is 18.0. The number of rotatable bonds is 3. The molecule has 0 aromatic carbocycles. The molecule has 0 spiro atoms. The second-order valence-corrected chi connectivity index (χ2v) is 5.01. The molecular weight excluding hydrogens is 304 g/mol. The fourth-order valence-electron chi connectivity index (χ4n) is 2.29. The average Bonchev–Trinajstić information content (AvgIpc) is 3.00. The molecule has 1 fully saturated rings. The van der Waals surface area contributed by atoms with Crippen LogP contribution >= 0.6 is 0 Å². The number of hydrogen-bond donors (Lipinski definition) is 1. The van der Waals surface area contributed by atoms with Crippen LogP contribution < -0.4 is 0 Å². The van der Waals surface area contributed by atoms with Gasteiger partial charge in [0.1, 0.15) is 11.7 Å². The standard InChI is InChI=1S/C14H14N4O5/c1-8-16-12(23-17-8)11-7-22-5-4-18(11)13(19)10-3-2-9(6-15-10)14(20)21/h2-3,6,11H,4-5,7H2,1H3,(H,20,21). The molecule has 0 saturated carbocycles. The van der Waals surface area contributed by atoms with Crippen LogP contribution in [-0.2, 0) is 4.74 Å². The van der Waals surface area contributed by atoms with Crippen molar-refractivity contribution in [1.82, 2.24) is 20.0 Å². The van der Waals surface area contributed by atoms with Crippen molar-refractivity contribution in [2.45, 2.75) is 13.0 Å². The topological polar surface area (TPSA) is 119 Å². The smallest absolute Gasteiger partial charge is 0.337 e. The number of hydrogen-bond acceptors (Lipinski definition) is 7. The van der Waals surface area contributed by atoms with Crippen LogP contribution in [0.5, 0.6) is 0 Å². The molecule has 120 valence electrons. The molecule has 1 aliphatic heterocycles. The predicted octanol–water partition coefficient (Wildman–Crippen LogP) is 0.685. The number of carboxylic acid groups (broad SMARTS) is 1. The number of nitrogens with zero attached hydrogens (tertiary/aromatic N) is 4. The second-order valence-electron chi connectivity index (χ2n) is 5.01. The molecule has 2 aromatic rings. The summed E-state index contributed by atoms with van der Waals surface area (Å²) in [4.78, 5) is 33.1. The summed E-state index contributed by atoms with van der Waals surface area (Å²) in [6, 6.07) is 2.24. The van der Waals surface area contributed by atoms with E-state index in [1.165, 1.54) is 12.1 Å². The van der Waals surface area contributed by atoms with Crippen molar-refractivity contribution >= 4 is 11.9 Å². The molecule has 23 heavy (non-hydrogen) atoms. The zero-order valence-corrected chi connectivity index (χ0v) is 12.3. The first-order chi connectivity index (χ1) is 11.1. The molecule has 3 heterocycles. The van der Waals surface area contributed by atoms with Crippen LogP contribution in [0.2, 0.25) is 0 Å². The van der Waals surface area contributed by atoms with Crippen LogP contribution in [0.15, 0.2) is 22.9 Å². The van der Waals surface area contributed by atoms with Crippen LogP contribution in [-0.4, -0.2) is 56.8 Å². The van der Waals surface area contributed by atoms with Gasteiger partial charge in [-0.25, -0.2) is 4.79 Å². The van der Waals surface area contributed by atoms with Gasteiger partial charge in [-0.1, -0.05) is 5.16 Å². The zero-order valence-electron chi connectivity index (χ0n) is 12.3. The Morgan fingerprint density at radius 1 is 1.39 bits per heavy atom. The fraction of sp³-hybridized carbons (Fsp3) is 0.357. The molecule has 1 saturated heterocycles. The second kappa shape index (κ2) is 6.13. The minimum absolute atomic E-state index is 0.0209. The highest BCUT2D eigenvalue weighted by atomic mass is 16.5. The predicted molar refractivity (Wildman–Crippen MR) is 74.8 cm³/mol. The van der Waals surface area contributed by atoms with E-state index in [9.17, 15) is 9.59 Å². The van der Waals surface area contributed by atoms with Gasteiger partial charge in [0.05, 0.1) is 18.8 Å². The lowest BCUT2D eigenvalue weighted by molar-refractivity contribution is -0.0122. The molecule has 9 heteroatoms. The van der Waals surface area contributed by atoms with E-state index in [4.69, 9.17) is 14.4 Å². The lowest BCUT2D eigenvalue weighted by atomic mass is 10.2. The van der Waals surface area contributed by atoms with Gasteiger partial charge in [-0.15, -0.1) is 0 Å². The number of amides is 1. The van der Waals surface area contributed by atoms with Gasteiger partial charge in [-0.05, 0) is 19.1 Å². The number of pyridine rings is 1. The molecular formula is C14H14N4O5. The lowest BCUT2D eigenvalue weighted by Crippen LogP contribution is -2.43. The number of carbonyl (C=O) groups excluding carboxylic acids is 1. The van der Waals surface area contributed by atoms with Gasteiger partial charge in [-0.3, -0.25) is 9.78 Å². The van der Waals surface area contributed by atoms with Crippen LogP contribution in [0.1, 0.15) is 38.6 Å². The number of carboxylic acids is 1. The fourth-order valence-corrected chi connectivity index (χ4v) is 2.29. The molecule has 0 radical (unpaired) electrons. The largest absolute Gasteiger partial charge is 0.478 e. The van der Waals surface area contributed by atoms with Crippen molar-refractivity contribution < 1.29 is 24.0 Å². The van der Waals surface area contributed by atoms with E-state index in [-0.39, 0.29) is 23.8 Å². The Kier molecular flexibility index (Phi) is 4.02. The molecule has 0 bridgehead atoms. The van der Waals surface area contributed by atoms with Crippen molar-refractivity contribution in [3.63, 3.8) is 0 Å². The summed E-state index contributed by atoms with van der Waals surface area (Å²) >= 11 is 0. The van der Waals surface area contributed by atoms with Gasteiger partial charge in [0.15, 0.2) is 5.82 Å². The van der Waals surface area contributed by atoms with Crippen LogP contribution in [0.4, 0.5) is 0 Å².